The van der Waals surface area contributed by atoms with Crippen LogP contribution in [0.4, 0.5) is 11.4 Å². The summed E-state index contributed by atoms with van der Waals surface area (Å²) in [5, 5.41) is 3.71. The Bertz CT molecular complexity index is 823. The van der Waals surface area contributed by atoms with E-state index in [9.17, 15) is 0 Å². The molecule has 0 aliphatic heterocycles. The van der Waals surface area contributed by atoms with Crippen LogP contribution in [0.15, 0.2) is 48.5 Å². The first-order chi connectivity index (χ1) is 14.3. The maximum absolute atomic E-state index is 3.71. The average Bonchev–Trinajstić information content (AvgIpc) is 2.74. The maximum Gasteiger partial charge on any atom is 0.0387 e. The van der Waals surface area contributed by atoms with E-state index in [1.54, 1.807) is 5.56 Å². The summed E-state index contributed by atoms with van der Waals surface area (Å²) >= 11 is 0. The van der Waals surface area contributed by atoms with Crippen molar-refractivity contribution in [3.05, 3.63) is 59.7 Å². The van der Waals surface area contributed by atoms with Gasteiger partial charge >= 0.3 is 0 Å². The predicted octanol–water partition coefficient (Wildman–Crippen LogP) is 7.95. The van der Waals surface area contributed by atoms with E-state index in [2.05, 4.69) is 53.8 Å². The summed E-state index contributed by atoms with van der Waals surface area (Å²) in [6.45, 7) is 0. The van der Waals surface area contributed by atoms with Crippen molar-refractivity contribution in [2.24, 2.45) is 17.8 Å². The smallest absolute Gasteiger partial charge is 0.0387 e. The molecule has 4 bridgehead atoms. The molecule has 5 saturated carbocycles. The van der Waals surface area contributed by atoms with Gasteiger partial charge in [0.15, 0.2) is 0 Å². The molecular formula is C28H35N. The third kappa shape index (κ3) is 3.41. The quantitative estimate of drug-likeness (QED) is 0.563. The second kappa shape index (κ2) is 7.18. The lowest BCUT2D eigenvalue weighted by molar-refractivity contribution is -0.00516. The highest BCUT2D eigenvalue weighted by molar-refractivity contribution is 5.61. The molecule has 0 amide bonds. The lowest BCUT2D eigenvalue weighted by Crippen LogP contribution is -2.48. The van der Waals surface area contributed by atoms with Gasteiger partial charge in [-0.2, -0.15) is 0 Å². The Labute approximate surface area is 176 Å². The van der Waals surface area contributed by atoms with E-state index >= 15 is 0 Å². The first kappa shape index (κ1) is 18.0. The third-order valence-corrected chi connectivity index (χ3v) is 8.79. The third-order valence-electron chi connectivity index (χ3n) is 8.79. The molecule has 1 N–H and O–H groups in total. The molecule has 5 fully saturated rings. The van der Waals surface area contributed by atoms with Gasteiger partial charge in [-0.05, 0) is 116 Å². The first-order valence-corrected chi connectivity index (χ1v) is 12.2. The summed E-state index contributed by atoms with van der Waals surface area (Å²) in [4.78, 5) is 0. The van der Waals surface area contributed by atoms with Crippen molar-refractivity contribution in [2.45, 2.75) is 82.0 Å². The highest BCUT2D eigenvalue weighted by atomic mass is 14.9. The van der Waals surface area contributed by atoms with Crippen molar-refractivity contribution in [1.82, 2.24) is 0 Å². The standard InChI is InChI=1S/C28H35N/c1-2-5-23(6-3-1)24-9-11-26(12-10-24)29-27-8-4-7-25(16-27)28-17-20-13-21(18-28)15-22(14-20)19-28/h4,7-12,16,20-23,29H,1-3,5-6,13-15,17-19H2. The lowest BCUT2D eigenvalue weighted by atomic mass is 9.48. The second-order valence-corrected chi connectivity index (χ2v) is 10.9. The molecule has 0 radical (unpaired) electrons. The Hall–Kier alpha value is -1.76. The fourth-order valence-electron chi connectivity index (χ4n) is 7.83. The normalized spacial score (nSPS) is 33.7. The monoisotopic (exact) mass is 385 g/mol. The van der Waals surface area contributed by atoms with Crippen LogP contribution in [-0.2, 0) is 5.41 Å². The van der Waals surface area contributed by atoms with Crippen molar-refractivity contribution < 1.29 is 0 Å². The molecular weight excluding hydrogens is 350 g/mol. The zero-order valence-electron chi connectivity index (χ0n) is 17.7. The van der Waals surface area contributed by atoms with E-state index in [0.29, 0.717) is 5.41 Å². The fourth-order valence-corrected chi connectivity index (χ4v) is 7.83. The predicted molar refractivity (Wildman–Crippen MR) is 122 cm³/mol. The van der Waals surface area contributed by atoms with Crippen LogP contribution in [0.5, 0.6) is 0 Å². The van der Waals surface area contributed by atoms with E-state index in [1.165, 1.54) is 87.6 Å². The summed E-state index contributed by atoms with van der Waals surface area (Å²) in [6.07, 6.45) is 15.9. The van der Waals surface area contributed by atoms with Gasteiger partial charge in [0.05, 0.1) is 0 Å². The van der Waals surface area contributed by atoms with Crippen LogP contribution >= 0.6 is 0 Å². The Morgan fingerprint density at radius 1 is 0.690 bits per heavy atom. The zero-order chi connectivity index (χ0) is 19.3. The molecule has 29 heavy (non-hydrogen) atoms. The van der Waals surface area contributed by atoms with Gasteiger partial charge in [-0.25, -0.2) is 0 Å². The van der Waals surface area contributed by atoms with Crippen LogP contribution in [0.3, 0.4) is 0 Å². The minimum Gasteiger partial charge on any atom is -0.356 e. The van der Waals surface area contributed by atoms with Crippen LogP contribution in [-0.4, -0.2) is 0 Å². The Kier molecular flexibility index (Phi) is 4.47. The lowest BCUT2D eigenvalue weighted by Gasteiger charge is -2.57. The Morgan fingerprint density at radius 3 is 2.00 bits per heavy atom. The highest BCUT2D eigenvalue weighted by Gasteiger charge is 2.51. The molecule has 5 aliphatic rings. The van der Waals surface area contributed by atoms with E-state index in [-0.39, 0.29) is 0 Å². The number of benzene rings is 2. The highest BCUT2D eigenvalue weighted by Crippen LogP contribution is 2.60. The van der Waals surface area contributed by atoms with Gasteiger partial charge in [0.1, 0.15) is 0 Å². The minimum absolute atomic E-state index is 0.483. The van der Waals surface area contributed by atoms with Crippen molar-refractivity contribution >= 4 is 11.4 Å². The molecule has 0 atom stereocenters. The van der Waals surface area contributed by atoms with Crippen molar-refractivity contribution in [3.63, 3.8) is 0 Å². The molecule has 0 unspecified atom stereocenters. The van der Waals surface area contributed by atoms with E-state index < -0.39 is 0 Å². The van der Waals surface area contributed by atoms with Gasteiger partial charge in [0, 0.05) is 11.4 Å². The molecule has 7 rings (SSSR count). The number of hydrogen-bond donors (Lipinski definition) is 1. The van der Waals surface area contributed by atoms with E-state index in [1.807, 2.05) is 0 Å². The molecule has 1 heteroatoms. The van der Waals surface area contributed by atoms with Crippen LogP contribution in [0.25, 0.3) is 0 Å². The zero-order valence-corrected chi connectivity index (χ0v) is 17.7. The molecule has 5 aliphatic carbocycles. The van der Waals surface area contributed by atoms with Crippen molar-refractivity contribution in [2.75, 3.05) is 5.32 Å². The molecule has 152 valence electrons. The molecule has 0 heterocycles. The van der Waals surface area contributed by atoms with Crippen LogP contribution in [0.1, 0.15) is 87.7 Å². The number of anilines is 2. The summed E-state index contributed by atoms with van der Waals surface area (Å²) in [6, 6.07) is 18.7. The van der Waals surface area contributed by atoms with Gasteiger partial charge in [0.2, 0.25) is 0 Å². The summed E-state index contributed by atoms with van der Waals surface area (Å²) in [5.74, 6) is 3.80. The SMILES string of the molecule is c1cc(Nc2ccc(C3CCCCC3)cc2)cc(C23CC4CC(CC(C4)C2)C3)c1. The average molecular weight is 386 g/mol. The molecule has 0 saturated heterocycles. The van der Waals surface area contributed by atoms with Crippen molar-refractivity contribution in [3.8, 4) is 0 Å². The van der Waals surface area contributed by atoms with Crippen molar-refractivity contribution in [1.29, 1.82) is 0 Å². The van der Waals surface area contributed by atoms with E-state index in [0.717, 1.165) is 23.7 Å². The first-order valence-electron chi connectivity index (χ1n) is 12.2. The molecule has 0 spiro atoms. The molecule has 2 aromatic rings. The molecule has 2 aromatic carbocycles. The van der Waals surface area contributed by atoms with Crippen LogP contribution < -0.4 is 5.32 Å². The van der Waals surface area contributed by atoms with Gasteiger partial charge in [-0.1, -0.05) is 43.5 Å². The minimum atomic E-state index is 0.483. The Balaban J connectivity index is 1.20. The topological polar surface area (TPSA) is 12.0 Å². The summed E-state index contributed by atoms with van der Waals surface area (Å²) in [7, 11) is 0. The largest absolute Gasteiger partial charge is 0.356 e. The second-order valence-electron chi connectivity index (χ2n) is 10.9. The Morgan fingerprint density at radius 2 is 1.34 bits per heavy atom. The molecule has 1 nitrogen and oxygen atoms in total. The number of nitrogens with one attached hydrogen (secondary N) is 1. The van der Waals surface area contributed by atoms with Crippen LogP contribution in [0.2, 0.25) is 0 Å². The van der Waals surface area contributed by atoms with Gasteiger partial charge in [-0.15, -0.1) is 0 Å². The van der Waals surface area contributed by atoms with Gasteiger partial charge < -0.3 is 5.32 Å². The molecule has 0 aromatic heterocycles. The summed E-state index contributed by atoms with van der Waals surface area (Å²) < 4.78 is 0. The van der Waals surface area contributed by atoms with E-state index in [4.69, 9.17) is 0 Å². The summed E-state index contributed by atoms with van der Waals surface area (Å²) in [5.41, 5.74) is 6.13. The number of hydrogen-bond acceptors (Lipinski definition) is 1. The maximum atomic E-state index is 3.71. The van der Waals surface area contributed by atoms with Gasteiger partial charge in [-0.3, -0.25) is 0 Å². The number of rotatable bonds is 4. The van der Waals surface area contributed by atoms with Gasteiger partial charge in [0.25, 0.3) is 0 Å². The fraction of sp³-hybridized carbons (Fsp3) is 0.571. The van der Waals surface area contributed by atoms with Crippen LogP contribution in [0, 0.1) is 17.8 Å².